The molecule has 82 valence electrons. The van der Waals surface area contributed by atoms with E-state index in [9.17, 15) is 9.50 Å². The van der Waals surface area contributed by atoms with Crippen LogP contribution in [0.1, 0.15) is 36.5 Å². The molecule has 1 aromatic rings. The van der Waals surface area contributed by atoms with Crippen molar-refractivity contribution in [1.82, 2.24) is 0 Å². The monoisotopic (exact) mass is 228 g/mol. The minimum atomic E-state index is -0.537. The number of aliphatic hydroxyl groups is 1. The first-order chi connectivity index (χ1) is 7.09. The molecule has 1 aliphatic rings. The summed E-state index contributed by atoms with van der Waals surface area (Å²) in [4.78, 5) is 0. The molecule has 1 atom stereocenters. The van der Waals surface area contributed by atoms with Gasteiger partial charge in [-0.3, -0.25) is 0 Å². The van der Waals surface area contributed by atoms with Crippen LogP contribution in [0.5, 0.6) is 0 Å². The SMILES string of the molecule is Cc1cc(C(O)C2CCC2)c(Cl)cc1F. The van der Waals surface area contributed by atoms with Crippen LogP contribution < -0.4 is 0 Å². The lowest BCUT2D eigenvalue weighted by Gasteiger charge is -2.31. The minimum absolute atomic E-state index is 0.298. The van der Waals surface area contributed by atoms with Crippen LogP contribution in [0.4, 0.5) is 4.39 Å². The smallest absolute Gasteiger partial charge is 0.127 e. The maximum Gasteiger partial charge on any atom is 0.127 e. The number of aryl methyl sites for hydroxylation is 1. The first kappa shape index (κ1) is 10.9. The lowest BCUT2D eigenvalue weighted by Crippen LogP contribution is -2.20. The summed E-state index contributed by atoms with van der Waals surface area (Å²) in [6.07, 6.45) is 2.70. The molecular formula is C12H14ClFO. The van der Waals surface area contributed by atoms with Crippen LogP contribution in [0, 0.1) is 18.7 Å². The highest BCUT2D eigenvalue weighted by atomic mass is 35.5. The van der Waals surface area contributed by atoms with Crippen molar-refractivity contribution in [2.75, 3.05) is 0 Å². The van der Waals surface area contributed by atoms with Gasteiger partial charge in [0.25, 0.3) is 0 Å². The molecule has 0 radical (unpaired) electrons. The van der Waals surface area contributed by atoms with E-state index in [4.69, 9.17) is 11.6 Å². The standard InChI is InChI=1S/C12H14ClFO/c1-7-5-9(10(13)6-11(7)14)12(15)8-3-2-4-8/h5-6,8,12,15H,2-4H2,1H3. The van der Waals surface area contributed by atoms with Crippen LogP contribution in [0.3, 0.4) is 0 Å². The summed E-state index contributed by atoms with van der Waals surface area (Å²) in [5.41, 5.74) is 1.20. The summed E-state index contributed by atoms with van der Waals surface area (Å²) in [5, 5.41) is 10.4. The Labute approximate surface area is 93.9 Å². The van der Waals surface area contributed by atoms with Crippen molar-refractivity contribution < 1.29 is 9.50 Å². The Morgan fingerprint density at radius 2 is 2.13 bits per heavy atom. The van der Waals surface area contributed by atoms with Crippen molar-refractivity contribution >= 4 is 11.6 Å². The van der Waals surface area contributed by atoms with Crippen LogP contribution in [0.25, 0.3) is 0 Å². The van der Waals surface area contributed by atoms with Crippen molar-refractivity contribution in [3.8, 4) is 0 Å². The van der Waals surface area contributed by atoms with Crippen LogP contribution in [0.15, 0.2) is 12.1 Å². The maximum absolute atomic E-state index is 13.2. The molecule has 0 saturated heterocycles. The molecule has 2 rings (SSSR count). The molecule has 1 nitrogen and oxygen atoms in total. The Bertz CT molecular complexity index is 374. The second-order valence-corrected chi connectivity index (χ2v) is 4.67. The fourth-order valence-electron chi connectivity index (χ4n) is 1.92. The zero-order valence-corrected chi connectivity index (χ0v) is 9.39. The van der Waals surface area contributed by atoms with Gasteiger partial charge in [-0.2, -0.15) is 0 Å². The van der Waals surface area contributed by atoms with Gasteiger partial charge >= 0.3 is 0 Å². The summed E-state index contributed by atoms with van der Waals surface area (Å²) in [6, 6.07) is 2.94. The van der Waals surface area contributed by atoms with Crippen molar-refractivity contribution in [3.05, 3.63) is 34.1 Å². The van der Waals surface area contributed by atoms with Gasteiger partial charge in [0.2, 0.25) is 0 Å². The summed E-state index contributed by atoms with van der Waals surface area (Å²) in [6.45, 7) is 1.68. The Morgan fingerprint density at radius 1 is 1.47 bits per heavy atom. The van der Waals surface area contributed by atoms with Crippen molar-refractivity contribution in [3.63, 3.8) is 0 Å². The molecule has 1 unspecified atom stereocenters. The molecule has 0 heterocycles. The normalized spacial score (nSPS) is 18.7. The first-order valence-corrected chi connectivity index (χ1v) is 5.61. The third-order valence-corrected chi connectivity index (χ3v) is 3.52. The van der Waals surface area contributed by atoms with Crippen molar-refractivity contribution in [2.24, 2.45) is 5.92 Å². The van der Waals surface area contributed by atoms with E-state index in [2.05, 4.69) is 0 Å². The largest absolute Gasteiger partial charge is 0.388 e. The Balaban J connectivity index is 2.30. The first-order valence-electron chi connectivity index (χ1n) is 5.23. The summed E-state index contributed by atoms with van der Waals surface area (Å²) in [5.74, 6) is -0.0167. The second kappa shape index (κ2) is 4.11. The van der Waals surface area contributed by atoms with Gasteiger partial charge in [0.05, 0.1) is 6.10 Å². The highest BCUT2D eigenvalue weighted by Crippen LogP contribution is 2.40. The average molecular weight is 229 g/mol. The number of aliphatic hydroxyl groups excluding tert-OH is 1. The predicted molar refractivity (Wildman–Crippen MR) is 58.4 cm³/mol. The Kier molecular flexibility index (Phi) is 2.98. The van der Waals surface area contributed by atoms with E-state index in [0.29, 0.717) is 22.1 Å². The highest BCUT2D eigenvalue weighted by Gasteiger charge is 2.28. The fraction of sp³-hybridized carbons (Fsp3) is 0.500. The molecular weight excluding hydrogens is 215 g/mol. The highest BCUT2D eigenvalue weighted by molar-refractivity contribution is 6.31. The van der Waals surface area contributed by atoms with Crippen LogP contribution in [0.2, 0.25) is 5.02 Å². The lowest BCUT2D eigenvalue weighted by atomic mass is 9.78. The van der Waals surface area contributed by atoms with E-state index in [1.807, 2.05) is 0 Å². The van der Waals surface area contributed by atoms with E-state index in [0.717, 1.165) is 12.8 Å². The number of benzene rings is 1. The van der Waals surface area contributed by atoms with Gasteiger partial charge in [-0.05, 0) is 48.9 Å². The molecule has 0 aromatic heterocycles. The molecule has 15 heavy (non-hydrogen) atoms. The molecule has 1 fully saturated rings. The molecule has 1 saturated carbocycles. The minimum Gasteiger partial charge on any atom is -0.388 e. The van der Waals surface area contributed by atoms with E-state index < -0.39 is 6.10 Å². The molecule has 1 N–H and O–H groups in total. The molecule has 0 amide bonds. The number of halogens is 2. The molecule has 1 aromatic carbocycles. The van der Waals surface area contributed by atoms with Crippen molar-refractivity contribution in [2.45, 2.75) is 32.3 Å². The van der Waals surface area contributed by atoms with Crippen LogP contribution in [-0.2, 0) is 0 Å². The van der Waals surface area contributed by atoms with Gasteiger partial charge in [0, 0.05) is 5.02 Å². The fourth-order valence-corrected chi connectivity index (χ4v) is 2.18. The summed E-state index contributed by atoms with van der Waals surface area (Å²) >= 11 is 5.92. The molecule has 1 aliphatic carbocycles. The van der Waals surface area contributed by atoms with Gasteiger partial charge in [0.15, 0.2) is 0 Å². The summed E-state index contributed by atoms with van der Waals surface area (Å²) < 4.78 is 13.2. The topological polar surface area (TPSA) is 20.2 Å². The zero-order chi connectivity index (χ0) is 11.0. The third kappa shape index (κ3) is 2.01. The third-order valence-electron chi connectivity index (χ3n) is 3.19. The van der Waals surface area contributed by atoms with Gasteiger partial charge in [-0.15, -0.1) is 0 Å². The quantitative estimate of drug-likeness (QED) is 0.820. The van der Waals surface area contributed by atoms with Crippen LogP contribution in [-0.4, -0.2) is 5.11 Å². The van der Waals surface area contributed by atoms with Gasteiger partial charge in [0.1, 0.15) is 5.82 Å². The maximum atomic E-state index is 13.2. The van der Waals surface area contributed by atoms with Crippen LogP contribution >= 0.6 is 11.6 Å². The molecule has 0 aliphatic heterocycles. The molecule has 0 bridgehead atoms. The van der Waals surface area contributed by atoms with Gasteiger partial charge < -0.3 is 5.11 Å². The second-order valence-electron chi connectivity index (χ2n) is 4.26. The number of hydrogen-bond donors (Lipinski definition) is 1. The lowest BCUT2D eigenvalue weighted by molar-refractivity contribution is 0.0621. The average Bonchev–Trinajstić information content (AvgIpc) is 2.08. The predicted octanol–water partition coefficient (Wildman–Crippen LogP) is 3.62. The van der Waals surface area contributed by atoms with Gasteiger partial charge in [-0.1, -0.05) is 18.0 Å². The molecule has 3 heteroatoms. The van der Waals surface area contributed by atoms with E-state index in [-0.39, 0.29) is 5.82 Å². The summed E-state index contributed by atoms with van der Waals surface area (Å²) in [7, 11) is 0. The Hall–Kier alpha value is -0.600. The van der Waals surface area contributed by atoms with E-state index in [1.165, 1.54) is 12.5 Å². The van der Waals surface area contributed by atoms with E-state index in [1.54, 1.807) is 13.0 Å². The Morgan fingerprint density at radius 3 is 2.67 bits per heavy atom. The zero-order valence-electron chi connectivity index (χ0n) is 8.63. The number of hydrogen-bond acceptors (Lipinski definition) is 1. The van der Waals surface area contributed by atoms with Crippen molar-refractivity contribution in [1.29, 1.82) is 0 Å². The number of rotatable bonds is 2. The van der Waals surface area contributed by atoms with Gasteiger partial charge in [-0.25, -0.2) is 4.39 Å². The molecule has 0 spiro atoms. The van der Waals surface area contributed by atoms with E-state index >= 15 is 0 Å².